The molecule has 1 saturated carbocycles. The van der Waals surface area contributed by atoms with Crippen LogP contribution in [0.25, 0.3) is 0 Å². The monoisotopic (exact) mass is 264 g/mol. The maximum absolute atomic E-state index is 12.1. The van der Waals surface area contributed by atoms with Crippen molar-refractivity contribution in [3.05, 3.63) is 12.2 Å². The van der Waals surface area contributed by atoms with Crippen LogP contribution in [0.3, 0.4) is 0 Å². The van der Waals surface area contributed by atoms with Crippen molar-refractivity contribution in [1.82, 2.24) is 5.01 Å². The molecule has 1 fully saturated rings. The van der Waals surface area contributed by atoms with E-state index in [1.165, 1.54) is 11.4 Å². The van der Waals surface area contributed by atoms with Crippen LogP contribution in [0.1, 0.15) is 39.5 Å². The lowest BCUT2D eigenvalue weighted by Crippen LogP contribution is -2.41. The normalized spacial score (nSPS) is 26.7. The summed E-state index contributed by atoms with van der Waals surface area (Å²) in [6.07, 6.45) is 6.32. The molecule has 0 unspecified atom stereocenters. The van der Waals surface area contributed by atoms with Crippen LogP contribution in [0.2, 0.25) is 0 Å². The van der Waals surface area contributed by atoms with Gasteiger partial charge in [0, 0.05) is 23.8 Å². The second-order valence-corrected chi connectivity index (χ2v) is 5.53. The molecule has 0 saturated heterocycles. The van der Waals surface area contributed by atoms with Crippen LogP contribution in [0, 0.1) is 11.8 Å². The van der Waals surface area contributed by atoms with Gasteiger partial charge in [0.05, 0.1) is 6.04 Å². The molecule has 2 atom stereocenters. The first-order chi connectivity index (χ1) is 9.00. The molecule has 0 aromatic heterocycles. The quantitative estimate of drug-likeness (QED) is 0.793. The average Bonchev–Trinajstić information content (AvgIpc) is 2.75. The Labute approximate surface area is 113 Å². The number of rotatable bonds is 3. The molecule has 1 N–H and O–H groups in total. The number of carboxylic acids is 1. The van der Waals surface area contributed by atoms with Gasteiger partial charge in [0.25, 0.3) is 5.91 Å². The Morgan fingerprint density at radius 3 is 2.74 bits per heavy atom. The van der Waals surface area contributed by atoms with Crippen LogP contribution in [-0.4, -0.2) is 33.7 Å². The number of hydrogen-bond donors (Lipinski definition) is 1. The minimum atomic E-state index is -1.11. The predicted molar refractivity (Wildman–Crippen MR) is 71.6 cm³/mol. The molecule has 1 heterocycles. The number of amides is 1. The SMILES string of the molecule is CC(C)[C@@H]1[C@H]2CCCCC2=NN1C(=O)/C=C/C(=O)O. The van der Waals surface area contributed by atoms with Crippen molar-refractivity contribution in [1.29, 1.82) is 0 Å². The summed E-state index contributed by atoms with van der Waals surface area (Å²) in [4.78, 5) is 22.6. The first kappa shape index (κ1) is 13.8. The molecule has 5 nitrogen and oxygen atoms in total. The van der Waals surface area contributed by atoms with E-state index < -0.39 is 5.97 Å². The van der Waals surface area contributed by atoms with Gasteiger partial charge in [-0.15, -0.1) is 0 Å². The number of carboxylic acid groups (broad SMARTS) is 1. The van der Waals surface area contributed by atoms with E-state index in [9.17, 15) is 9.59 Å². The van der Waals surface area contributed by atoms with Gasteiger partial charge >= 0.3 is 5.97 Å². The van der Waals surface area contributed by atoms with Crippen molar-refractivity contribution in [2.75, 3.05) is 0 Å². The molecule has 1 amide bonds. The number of carbonyl (C=O) groups is 2. The molecule has 0 aromatic rings. The number of hydrogen-bond acceptors (Lipinski definition) is 3. The Morgan fingerprint density at radius 2 is 2.11 bits per heavy atom. The van der Waals surface area contributed by atoms with Crippen LogP contribution >= 0.6 is 0 Å². The Kier molecular flexibility index (Phi) is 4.02. The molecule has 0 spiro atoms. The van der Waals surface area contributed by atoms with Crippen molar-refractivity contribution < 1.29 is 14.7 Å². The average molecular weight is 264 g/mol. The van der Waals surface area contributed by atoms with Crippen molar-refractivity contribution in [3.8, 4) is 0 Å². The first-order valence-corrected chi connectivity index (χ1v) is 6.82. The van der Waals surface area contributed by atoms with Gasteiger partial charge in [-0.1, -0.05) is 20.3 Å². The van der Waals surface area contributed by atoms with Gasteiger partial charge < -0.3 is 5.11 Å². The molecule has 0 radical (unpaired) electrons. The van der Waals surface area contributed by atoms with E-state index in [0.29, 0.717) is 11.8 Å². The van der Waals surface area contributed by atoms with Crippen molar-refractivity contribution in [3.63, 3.8) is 0 Å². The summed E-state index contributed by atoms with van der Waals surface area (Å²) >= 11 is 0. The lowest BCUT2D eigenvalue weighted by atomic mass is 9.79. The van der Waals surface area contributed by atoms with Gasteiger partial charge in [-0.2, -0.15) is 5.10 Å². The lowest BCUT2D eigenvalue weighted by molar-refractivity contribution is -0.133. The molecule has 104 valence electrons. The second-order valence-electron chi connectivity index (χ2n) is 5.53. The minimum Gasteiger partial charge on any atom is -0.478 e. The van der Waals surface area contributed by atoms with Crippen molar-refractivity contribution in [2.24, 2.45) is 16.9 Å². The van der Waals surface area contributed by atoms with Crippen molar-refractivity contribution >= 4 is 17.6 Å². The van der Waals surface area contributed by atoms with E-state index >= 15 is 0 Å². The van der Waals surface area contributed by atoms with Crippen LogP contribution in [0.15, 0.2) is 17.3 Å². The highest BCUT2D eigenvalue weighted by Gasteiger charge is 2.41. The molecule has 5 heteroatoms. The fourth-order valence-electron chi connectivity index (χ4n) is 3.05. The molecule has 0 aromatic carbocycles. The smallest absolute Gasteiger partial charge is 0.328 e. The van der Waals surface area contributed by atoms with E-state index in [-0.39, 0.29) is 11.9 Å². The maximum atomic E-state index is 12.1. The molecule has 0 bridgehead atoms. The van der Waals surface area contributed by atoms with Crippen LogP contribution in [-0.2, 0) is 9.59 Å². The van der Waals surface area contributed by atoms with E-state index in [1.54, 1.807) is 0 Å². The summed E-state index contributed by atoms with van der Waals surface area (Å²) in [7, 11) is 0. The summed E-state index contributed by atoms with van der Waals surface area (Å²) in [6.45, 7) is 4.16. The van der Waals surface area contributed by atoms with Gasteiger partial charge in [0.1, 0.15) is 0 Å². The standard InChI is InChI=1S/C14H20N2O3/c1-9(2)14-10-5-3-4-6-11(10)15-16(14)12(17)7-8-13(18)19/h7-10,14H,3-6H2,1-2H3,(H,18,19)/b8-7+/t10-,14+/m0/s1. The number of nitrogens with zero attached hydrogens (tertiary/aromatic N) is 2. The molecule has 19 heavy (non-hydrogen) atoms. The lowest BCUT2D eigenvalue weighted by Gasteiger charge is -2.30. The molecular formula is C14H20N2O3. The maximum Gasteiger partial charge on any atom is 0.328 e. The van der Waals surface area contributed by atoms with E-state index in [4.69, 9.17) is 5.11 Å². The third kappa shape index (κ3) is 2.85. The molecule has 1 aliphatic heterocycles. The summed E-state index contributed by atoms with van der Waals surface area (Å²) in [5.74, 6) is -0.774. The third-order valence-electron chi connectivity index (χ3n) is 3.83. The highest BCUT2D eigenvalue weighted by atomic mass is 16.4. The largest absolute Gasteiger partial charge is 0.478 e. The van der Waals surface area contributed by atoms with Gasteiger partial charge in [-0.25, -0.2) is 9.80 Å². The van der Waals surface area contributed by atoms with Crippen LogP contribution in [0.5, 0.6) is 0 Å². The Morgan fingerprint density at radius 1 is 1.37 bits per heavy atom. The zero-order valence-corrected chi connectivity index (χ0v) is 11.4. The Balaban J connectivity index is 2.20. The van der Waals surface area contributed by atoms with E-state index in [0.717, 1.165) is 37.1 Å². The second kappa shape index (κ2) is 5.55. The summed E-state index contributed by atoms with van der Waals surface area (Å²) in [6, 6.07) is 0.0706. The minimum absolute atomic E-state index is 0.0706. The number of aliphatic carboxylic acids is 1. The zero-order chi connectivity index (χ0) is 14.0. The third-order valence-corrected chi connectivity index (χ3v) is 3.83. The van der Waals surface area contributed by atoms with Crippen LogP contribution in [0.4, 0.5) is 0 Å². The predicted octanol–water partition coefficient (Wildman–Crippen LogP) is 2.04. The summed E-state index contributed by atoms with van der Waals surface area (Å²) in [5.41, 5.74) is 1.11. The number of carbonyl (C=O) groups excluding carboxylic acids is 1. The van der Waals surface area contributed by atoms with Crippen molar-refractivity contribution in [2.45, 2.75) is 45.6 Å². The fraction of sp³-hybridized carbons (Fsp3) is 0.643. The summed E-state index contributed by atoms with van der Waals surface area (Å²) < 4.78 is 0. The zero-order valence-electron chi connectivity index (χ0n) is 11.4. The van der Waals surface area contributed by atoms with Gasteiger partial charge in [-0.05, 0) is 25.2 Å². The molecule has 2 aliphatic rings. The molecular weight excluding hydrogens is 244 g/mol. The summed E-state index contributed by atoms with van der Waals surface area (Å²) in [5, 5.41) is 14.5. The topological polar surface area (TPSA) is 70.0 Å². The molecule has 2 rings (SSSR count). The number of fused-ring (bicyclic) bond motifs is 1. The van der Waals surface area contributed by atoms with Gasteiger partial charge in [-0.3, -0.25) is 4.79 Å². The first-order valence-electron chi connectivity index (χ1n) is 6.82. The number of hydrazone groups is 1. The van der Waals surface area contributed by atoms with E-state index in [1.807, 2.05) is 0 Å². The molecule has 1 aliphatic carbocycles. The highest BCUT2D eigenvalue weighted by Crippen LogP contribution is 2.36. The Bertz CT molecular complexity index is 440. The highest BCUT2D eigenvalue weighted by molar-refractivity contribution is 5.97. The Hall–Kier alpha value is -1.65. The van der Waals surface area contributed by atoms with Crippen LogP contribution < -0.4 is 0 Å². The van der Waals surface area contributed by atoms with Gasteiger partial charge in [0.15, 0.2) is 0 Å². The fourth-order valence-corrected chi connectivity index (χ4v) is 3.05. The van der Waals surface area contributed by atoms with E-state index in [2.05, 4.69) is 18.9 Å². The van der Waals surface area contributed by atoms with Gasteiger partial charge in [0.2, 0.25) is 0 Å².